The number of carbonyl (C=O) groups excluding carboxylic acids is 1. The molecule has 0 saturated heterocycles. The molecule has 1 aliphatic rings. The maximum Gasteiger partial charge on any atom is 0.237 e. The Balaban J connectivity index is 1.58. The smallest absolute Gasteiger partial charge is 0.237 e. The lowest BCUT2D eigenvalue weighted by Gasteiger charge is -2.18. The molecular weight excluding hydrogens is 386 g/mol. The van der Waals surface area contributed by atoms with Gasteiger partial charge in [0.15, 0.2) is 0 Å². The SMILES string of the molecule is Cc1cccc(C(C)C)c1NC(=O)[C@@H](C)Sc1ncnc2sc3c(c12)CCC3. The lowest BCUT2D eigenvalue weighted by molar-refractivity contribution is -0.115. The van der Waals surface area contributed by atoms with Crippen LogP contribution in [-0.4, -0.2) is 21.1 Å². The van der Waals surface area contributed by atoms with Gasteiger partial charge in [0.2, 0.25) is 5.91 Å². The van der Waals surface area contributed by atoms with Gasteiger partial charge in [-0.1, -0.05) is 43.8 Å². The minimum atomic E-state index is -0.241. The number of anilines is 1. The van der Waals surface area contributed by atoms with E-state index in [9.17, 15) is 4.79 Å². The summed E-state index contributed by atoms with van der Waals surface area (Å²) < 4.78 is 0. The molecule has 0 unspecified atom stereocenters. The van der Waals surface area contributed by atoms with Gasteiger partial charge >= 0.3 is 0 Å². The molecule has 0 bridgehead atoms. The number of thiophene rings is 1. The Labute approximate surface area is 174 Å². The molecular formula is C22H25N3OS2. The summed E-state index contributed by atoms with van der Waals surface area (Å²) in [5.41, 5.74) is 4.61. The molecule has 6 heteroatoms. The maximum atomic E-state index is 13.0. The van der Waals surface area contributed by atoms with Crippen LogP contribution in [0.2, 0.25) is 0 Å². The molecule has 0 spiro atoms. The van der Waals surface area contributed by atoms with E-state index in [-0.39, 0.29) is 11.2 Å². The Morgan fingerprint density at radius 2 is 2.04 bits per heavy atom. The summed E-state index contributed by atoms with van der Waals surface area (Å²) in [5, 5.41) is 5.03. The average Bonchev–Trinajstić information content (AvgIpc) is 3.24. The van der Waals surface area contributed by atoms with Crippen LogP contribution in [0.15, 0.2) is 29.6 Å². The number of thioether (sulfide) groups is 1. The third-order valence-corrected chi connectivity index (χ3v) is 7.60. The highest BCUT2D eigenvalue weighted by Crippen LogP contribution is 2.41. The van der Waals surface area contributed by atoms with Crippen molar-refractivity contribution in [2.75, 3.05) is 5.32 Å². The lowest BCUT2D eigenvalue weighted by atomic mass is 9.98. The standard InChI is InChI=1S/C22H25N3OS2/c1-12(2)15-8-5-7-13(3)19(15)25-20(26)14(4)27-21-18-16-9-6-10-17(16)28-22(18)24-11-23-21/h5,7-8,11-12,14H,6,9-10H2,1-4H3,(H,25,26)/t14-/m1/s1. The molecule has 0 saturated carbocycles. The van der Waals surface area contributed by atoms with Crippen LogP contribution in [-0.2, 0) is 17.6 Å². The Hall–Kier alpha value is -1.92. The van der Waals surface area contributed by atoms with Gasteiger partial charge in [0, 0.05) is 16.0 Å². The monoisotopic (exact) mass is 411 g/mol. The van der Waals surface area contributed by atoms with E-state index in [0.717, 1.165) is 33.9 Å². The molecule has 4 nitrogen and oxygen atoms in total. The van der Waals surface area contributed by atoms with Crippen molar-refractivity contribution in [1.29, 1.82) is 0 Å². The first-order chi connectivity index (χ1) is 13.5. The van der Waals surface area contributed by atoms with Crippen molar-refractivity contribution in [2.24, 2.45) is 0 Å². The van der Waals surface area contributed by atoms with Crippen molar-refractivity contribution >= 4 is 44.9 Å². The van der Waals surface area contributed by atoms with Crippen molar-refractivity contribution in [2.45, 2.75) is 63.2 Å². The topological polar surface area (TPSA) is 54.9 Å². The molecule has 1 aliphatic carbocycles. The van der Waals surface area contributed by atoms with E-state index in [4.69, 9.17) is 0 Å². The van der Waals surface area contributed by atoms with Crippen LogP contribution in [0.1, 0.15) is 54.7 Å². The molecule has 0 fully saturated rings. The summed E-state index contributed by atoms with van der Waals surface area (Å²) in [5.74, 6) is 0.368. The quantitative estimate of drug-likeness (QED) is 0.430. The highest BCUT2D eigenvalue weighted by molar-refractivity contribution is 8.00. The van der Waals surface area contributed by atoms with Crippen molar-refractivity contribution < 1.29 is 4.79 Å². The predicted molar refractivity (Wildman–Crippen MR) is 119 cm³/mol. The van der Waals surface area contributed by atoms with E-state index < -0.39 is 0 Å². The molecule has 28 heavy (non-hydrogen) atoms. The lowest BCUT2D eigenvalue weighted by Crippen LogP contribution is -2.24. The highest BCUT2D eigenvalue weighted by Gasteiger charge is 2.24. The van der Waals surface area contributed by atoms with Gasteiger partial charge in [-0.05, 0) is 55.7 Å². The van der Waals surface area contributed by atoms with E-state index in [2.05, 4.69) is 35.2 Å². The second-order valence-corrected chi connectivity index (χ2v) is 10.1. The number of hydrogen-bond acceptors (Lipinski definition) is 5. The second-order valence-electron chi connectivity index (χ2n) is 7.66. The number of para-hydroxylation sites is 1. The number of rotatable bonds is 5. The minimum absolute atomic E-state index is 0.0137. The third kappa shape index (κ3) is 3.55. The van der Waals surface area contributed by atoms with Gasteiger partial charge in [0.1, 0.15) is 16.2 Å². The summed E-state index contributed by atoms with van der Waals surface area (Å²) in [6, 6.07) is 6.18. The summed E-state index contributed by atoms with van der Waals surface area (Å²) in [6.45, 7) is 8.30. The predicted octanol–water partition coefficient (Wildman–Crippen LogP) is 5.73. The molecule has 1 atom stereocenters. The summed E-state index contributed by atoms with van der Waals surface area (Å²) in [4.78, 5) is 24.5. The second kappa shape index (κ2) is 7.84. The highest BCUT2D eigenvalue weighted by atomic mass is 32.2. The first-order valence-electron chi connectivity index (χ1n) is 9.78. The van der Waals surface area contributed by atoms with Gasteiger partial charge in [-0.3, -0.25) is 4.79 Å². The number of fused-ring (bicyclic) bond motifs is 3. The number of nitrogens with one attached hydrogen (secondary N) is 1. The summed E-state index contributed by atoms with van der Waals surface area (Å²) >= 11 is 3.32. The van der Waals surface area contributed by atoms with Crippen LogP contribution in [0.25, 0.3) is 10.2 Å². The van der Waals surface area contributed by atoms with Gasteiger partial charge in [0.25, 0.3) is 0 Å². The number of benzene rings is 1. The molecule has 1 aromatic carbocycles. The van der Waals surface area contributed by atoms with E-state index in [1.165, 1.54) is 39.6 Å². The molecule has 0 aliphatic heterocycles. The minimum Gasteiger partial charge on any atom is -0.325 e. The summed E-state index contributed by atoms with van der Waals surface area (Å²) in [6.07, 6.45) is 5.07. The van der Waals surface area contributed by atoms with Crippen molar-refractivity contribution in [3.63, 3.8) is 0 Å². The molecule has 146 valence electrons. The van der Waals surface area contributed by atoms with Gasteiger partial charge in [-0.2, -0.15) is 0 Å². The first-order valence-corrected chi connectivity index (χ1v) is 11.5. The molecule has 3 aromatic rings. The number of nitrogens with zero attached hydrogens (tertiary/aromatic N) is 2. The molecule has 1 N–H and O–H groups in total. The summed E-state index contributed by atoms with van der Waals surface area (Å²) in [7, 11) is 0. The van der Waals surface area contributed by atoms with Crippen molar-refractivity contribution in [3.05, 3.63) is 46.1 Å². The largest absolute Gasteiger partial charge is 0.325 e. The van der Waals surface area contributed by atoms with Gasteiger partial charge in [-0.15, -0.1) is 11.3 Å². The van der Waals surface area contributed by atoms with Crippen molar-refractivity contribution in [3.8, 4) is 0 Å². The van der Waals surface area contributed by atoms with E-state index in [0.29, 0.717) is 5.92 Å². The fourth-order valence-electron chi connectivity index (χ4n) is 3.78. The molecule has 1 amide bonds. The first kappa shape index (κ1) is 19.4. The van der Waals surface area contributed by atoms with Gasteiger partial charge < -0.3 is 5.32 Å². The molecule has 4 rings (SSSR count). The third-order valence-electron chi connectivity index (χ3n) is 5.30. The normalized spacial score (nSPS) is 14.5. The van der Waals surface area contributed by atoms with Crippen LogP contribution in [0.4, 0.5) is 5.69 Å². The number of aromatic nitrogens is 2. The van der Waals surface area contributed by atoms with E-state index in [1.807, 2.05) is 26.0 Å². The Kier molecular flexibility index (Phi) is 5.43. The maximum absolute atomic E-state index is 13.0. The molecule has 2 aromatic heterocycles. The fraction of sp³-hybridized carbons (Fsp3) is 0.409. The zero-order valence-corrected chi connectivity index (χ0v) is 18.3. The fourth-order valence-corrected chi connectivity index (χ4v) is 6.02. The van der Waals surface area contributed by atoms with Crippen LogP contribution in [0.3, 0.4) is 0 Å². The van der Waals surface area contributed by atoms with Gasteiger partial charge in [-0.25, -0.2) is 9.97 Å². The van der Waals surface area contributed by atoms with Crippen LogP contribution >= 0.6 is 23.1 Å². The van der Waals surface area contributed by atoms with Crippen molar-refractivity contribution in [1.82, 2.24) is 9.97 Å². The number of aryl methyl sites for hydroxylation is 3. The van der Waals surface area contributed by atoms with Crippen LogP contribution in [0, 0.1) is 6.92 Å². The Bertz CT molecular complexity index is 1040. The number of amides is 1. The van der Waals surface area contributed by atoms with Crippen LogP contribution < -0.4 is 5.32 Å². The zero-order chi connectivity index (χ0) is 19.8. The molecule has 0 radical (unpaired) electrons. The van der Waals surface area contributed by atoms with Crippen LogP contribution in [0.5, 0.6) is 0 Å². The molecule has 2 heterocycles. The Morgan fingerprint density at radius 1 is 1.21 bits per heavy atom. The zero-order valence-electron chi connectivity index (χ0n) is 16.7. The number of hydrogen-bond donors (Lipinski definition) is 1. The number of carbonyl (C=O) groups is 1. The average molecular weight is 412 g/mol. The van der Waals surface area contributed by atoms with Gasteiger partial charge in [0.05, 0.1) is 5.25 Å². The van der Waals surface area contributed by atoms with E-state index in [1.54, 1.807) is 17.7 Å². The van der Waals surface area contributed by atoms with E-state index >= 15 is 0 Å². The Morgan fingerprint density at radius 3 is 2.82 bits per heavy atom.